The molecule has 1 amide bonds. The second-order valence-electron chi connectivity index (χ2n) is 6.25. The Morgan fingerprint density at radius 2 is 1.88 bits per heavy atom. The highest BCUT2D eigenvalue weighted by atomic mass is 19.4. The van der Waals surface area contributed by atoms with Crippen LogP contribution in [0.25, 0.3) is 11.3 Å². The highest BCUT2D eigenvalue weighted by Gasteiger charge is 2.31. The zero-order chi connectivity index (χ0) is 17.9. The first-order valence-electron chi connectivity index (χ1n) is 8.29. The lowest BCUT2D eigenvalue weighted by Crippen LogP contribution is -2.38. The van der Waals surface area contributed by atoms with Crippen molar-refractivity contribution >= 4 is 5.91 Å². The summed E-state index contributed by atoms with van der Waals surface area (Å²) in [5.74, 6) is 0.469. The number of benzene rings is 1. The standard InChI is InChI=1S/C18H19F3N2O2/c19-18(20,21)9-6-17(24)23-10-7-14(8-11-23)16-12-15(22-25-16)13-4-2-1-3-5-13/h1-5,12,14H,6-11H2. The number of alkyl halides is 3. The van der Waals surface area contributed by atoms with Gasteiger partial charge in [-0.15, -0.1) is 0 Å². The molecule has 1 saturated heterocycles. The molecule has 1 aliphatic rings. The Kier molecular flexibility index (Phi) is 5.11. The van der Waals surface area contributed by atoms with Gasteiger partial charge in [0.1, 0.15) is 11.5 Å². The van der Waals surface area contributed by atoms with E-state index in [1.807, 2.05) is 36.4 Å². The van der Waals surface area contributed by atoms with E-state index in [4.69, 9.17) is 4.52 Å². The fraction of sp³-hybridized carbons (Fsp3) is 0.444. The van der Waals surface area contributed by atoms with Crippen LogP contribution >= 0.6 is 0 Å². The normalized spacial score (nSPS) is 16.2. The average molecular weight is 352 g/mol. The number of carbonyl (C=O) groups excluding carboxylic acids is 1. The largest absolute Gasteiger partial charge is 0.389 e. The summed E-state index contributed by atoms with van der Waals surface area (Å²) in [6, 6.07) is 11.6. The molecule has 0 aliphatic carbocycles. The van der Waals surface area contributed by atoms with Crippen LogP contribution in [0.1, 0.15) is 37.4 Å². The van der Waals surface area contributed by atoms with E-state index in [1.54, 1.807) is 0 Å². The summed E-state index contributed by atoms with van der Waals surface area (Å²) < 4.78 is 42.1. The van der Waals surface area contributed by atoms with Crippen molar-refractivity contribution in [3.63, 3.8) is 0 Å². The van der Waals surface area contributed by atoms with Gasteiger partial charge in [-0.3, -0.25) is 4.79 Å². The van der Waals surface area contributed by atoms with Gasteiger partial charge in [0, 0.05) is 37.1 Å². The first kappa shape index (κ1) is 17.5. The van der Waals surface area contributed by atoms with Crippen LogP contribution in [0.3, 0.4) is 0 Å². The zero-order valence-electron chi connectivity index (χ0n) is 13.6. The number of nitrogens with zero attached hydrogens (tertiary/aromatic N) is 2. The molecule has 0 bridgehead atoms. The van der Waals surface area contributed by atoms with Crippen molar-refractivity contribution in [3.05, 3.63) is 42.2 Å². The number of aromatic nitrogens is 1. The molecule has 1 aromatic heterocycles. The van der Waals surface area contributed by atoms with Gasteiger partial charge in [-0.05, 0) is 12.8 Å². The van der Waals surface area contributed by atoms with E-state index in [0.29, 0.717) is 25.9 Å². The molecular formula is C18H19F3N2O2. The second-order valence-corrected chi connectivity index (χ2v) is 6.25. The lowest BCUT2D eigenvalue weighted by molar-refractivity contribution is -0.149. The monoisotopic (exact) mass is 352 g/mol. The van der Waals surface area contributed by atoms with Gasteiger partial charge in [0.2, 0.25) is 5.91 Å². The first-order valence-corrected chi connectivity index (χ1v) is 8.29. The molecule has 134 valence electrons. The zero-order valence-corrected chi connectivity index (χ0v) is 13.6. The van der Waals surface area contributed by atoms with E-state index in [-0.39, 0.29) is 5.92 Å². The third kappa shape index (κ3) is 4.61. The fourth-order valence-corrected chi connectivity index (χ4v) is 3.05. The van der Waals surface area contributed by atoms with Crippen LogP contribution in [0.5, 0.6) is 0 Å². The van der Waals surface area contributed by atoms with Crippen molar-refractivity contribution in [2.24, 2.45) is 0 Å². The quantitative estimate of drug-likeness (QED) is 0.820. The summed E-state index contributed by atoms with van der Waals surface area (Å²) in [4.78, 5) is 13.4. The Labute approximate surface area is 143 Å². The van der Waals surface area contributed by atoms with Crippen LogP contribution in [0.15, 0.2) is 40.9 Å². The summed E-state index contributed by atoms with van der Waals surface area (Å²) in [6.07, 6.45) is -4.49. The number of rotatable bonds is 4. The van der Waals surface area contributed by atoms with E-state index in [9.17, 15) is 18.0 Å². The van der Waals surface area contributed by atoms with Gasteiger partial charge in [-0.1, -0.05) is 35.5 Å². The van der Waals surface area contributed by atoms with Crippen molar-refractivity contribution in [1.29, 1.82) is 0 Å². The molecule has 3 rings (SSSR count). The molecule has 1 aliphatic heterocycles. The molecule has 2 aromatic rings. The average Bonchev–Trinajstić information content (AvgIpc) is 3.10. The highest BCUT2D eigenvalue weighted by molar-refractivity contribution is 5.76. The van der Waals surface area contributed by atoms with Gasteiger partial charge in [0.05, 0.1) is 6.42 Å². The Morgan fingerprint density at radius 1 is 1.20 bits per heavy atom. The molecule has 0 saturated carbocycles. The van der Waals surface area contributed by atoms with Gasteiger partial charge in [-0.2, -0.15) is 13.2 Å². The summed E-state index contributed by atoms with van der Waals surface area (Å²) in [6.45, 7) is 0.894. The van der Waals surface area contributed by atoms with E-state index < -0.39 is 24.9 Å². The Morgan fingerprint density at radius 3 is 2.52 bits per heavy atom. The number of piperidine rings is 1. The topological polar surface area (TPSA) is 46.3 Å². The molecule has 25 heavy (non-hydrogen) atoms. The van der Waals surface area contributed by atoms with Gasteiger partial charge < -0.3 is 9.42 Å². The molecule has 1 aromatic carbocycles. The molecule has 7 heteroatoms. The maximum absolute atomic E-state index is 12.2. The molecule has 0 unspecified atom stereocenters. The highest BCUT2D eigenvalue weighted by Crippen LogP contribution is 2.31. The summed E-state index contributed by atoms with van der Waals surface area (Å²) >= 11 is 0. The van der Waals surface area contributed by atoms with Crippen LogP contribution in [0.4, 0.5) is 13.2 Å². The van der Waals surface area contributed by atoms with Crippen LogP contribution in [0.2, 0.25) is 0 Å². The number of amides is 1. The summed E-state index contributed by atoms with van der Waals surface area (Å²) in [5.41, 5.74) is 1.73. The predicted octanol–water partition coefficient (Wildman–Crippen LogP) is 4.39. The number of likely N-dealkylation sites (tertiary alicyclic amines) is 1. The summed E-state index contributed by atoms with van der Waals surface area (Å²) in [7, 11) is 0. The van der Waals surface area contributed by atoms with Crippen molar-refractivity contribution in [1.82, 2.24) is 10.1 Å². The fourth-order valence-electron chi connectivity index (χ4n) is 3.05. The van der Waals surface area contributed by atoms with Crippen molar-refractivity contribution in [2.45, 2.75) is 37.8 Å². The first-order chi connectivity index (χ1) is 11.9. The predicted molar refractivity (Wildman–Crippen MR) is 85.8 cm³/mol. The maximum atomic E-state index is 12.2. The molecule has 0 radical (unpaired) electrons. The van der Waals surface area contributed by atoms with Crippen LogP contribution in [-0.2, 0) is 4.79 Å². The van der Waals surface area contributed by atoms with Gasteiger partial charge >= 0.3 is 6.18 Å². The third-order valence-electron chi connectivity index (χ3n) is 4.47. The molecule has 0 N–H and O–H groups in total. The minimum atomic E-state index is -4.29. The maximum Gasteiger partial charge on any atom is 0.389 e. The van der Waals surface area contributed by atoms with Gasteiger partial charge in [0.25, 0.3) is 0 Å². The van der Waals surface area contributed by atoms with E-state index in [2.05, 4.69) is 5.16 Å². The third-order valence-corrected chi connectivity index (χ3v) is 4.47. The van der Waals surface area contributed by atoms with Crippen molar-refractivity contribution in [2.75, 3.05) is 13.1 Å². The van der Waals surface area contributed by atoms with E-state index in [1.165, 1.54) is 4.90 Å². The van der Waals surface area contributed by atoms with Gasteiger partial charge in [0.15, 0.2) is 0 Å². The molecule has 4 nitrogen and oxygen atoms in total. The smallest absolute Gasteiger partial charge is 0.360 e. The van der Waals surface area contributed by atoms with Crippen molar-refractivity contribution in [3.8, 4) is 11.3 Å². The molecule has 1 fully saturated rings. The Hall–Kier alpha value is -2.31. The minimum Gasteiger partial charge on any atom is -0.360 e. The second kappa shape index (κ2) is 7.29. The number of hydrogen-bond donors (Lipinski definition) is 0. The number of halogens is 3. The lowest BCUT2D eigenvalue weighted by Gasteiger charge is -2.31. The molecule has 0 atom stereocenters. The van der Waals surface area contributed by atoms with Gasteiger partial charge in [-0.25, -0.2) is 0 Å². The molecular weight excluding hydrogens is 333 g/mol. The van der Waals surface area contributed by atoms with Crippen LogP contribution in [0, 0.1) is 0 Å². The van der Waals surface area contributed by atoms with E-state index in [0.717, 1.165) is 17.0 Å². The molecule has 2 heterocycles. The molecule has 0 spiro atoms. The van der Waals surface area contributed by atoms with Crippen LogP contribution in [-0.4, -0.2) is 35.2 Å². The number of carbonyl (C=O) groups is 1. The van der Waals surface area contributed by atoms with Crippen molar-refractivity contribution < 1.29 is 22.5 Å². The lowest BCUT2D eigenvalue weighted by atomic mass is 9.93. The van der Waals surface area contributed by atoms with E-state index >= 15 is 0 Å². The Bertz CT molecular complexity index is 705. The van der Waals surface area contributed by atoms with Crippen LogP contribution < -0.4 is 0 Å². The Balaban J connectivity index is 1.54. The SMILES string of the molecule is O=C(CCC(F)(F)F)N1CCC(c2cc(-c3ccccc3)no2)CC1. The summed E-state index contributed by atoms with van der Waals surface area (Å²) in [5, 5.41) is 4.09. The number of hydrogen-bond acceptors (Lipinski definition) is 3. The minimum absolute atomic E-state index is 0.136.